The quantitative estimate of drug-likeness (QED) is 0.497. The van der Waals surface area contributed by atoms with Gasteiger partial charge in [-0.2, -0.15) is 0 Å². The topological polar surface area (TPSA) is 38.3 Å². The molecular formula is C24H24ClNO2. The number of hydrogen-bond donors (Lipinski definition) is 1. The third kappa shape index (κ3) is 5.86. The smallest absolute Gasteiger partial charge is 0.220 e. The molecule has 0 saturated heterocycles. The number of ether oxygens (including phenoxy) is 1. The highest BCUT2D eigenvalue weighted by Crippen LogP contribution is 2.22. The molecule has 4 heteroatoms. The summed E-state index contributed by atoms with van der Waals surface area (Å²) in [6.07, 6.45) is 1.05. The van der Waals surface area contributed by atoms with E-state index >= 15 is 0 Å². The van der Waals surface area contributed by atoms with Crippen LogP contribution in [0.2, 0.25) is 5.02 Å². The zero-order valence-corrected chi connectivity index (χ0v) is 16.7. The van der Waals surface area contributed by atoms with E-state index in [2.05, 4.69) is 36.5 Å². The Hall–Kier alpha value is -2.78. The van der Waals surface area contributed by atoms with Crippen LogP contribution in [0.25, 0.3) is 0 Å². The number of aryl methyl sites for hydroxylation is 1. The van der Waals surface area contributed by atoms with E-state index < -0.39 is 0 Å². The fourth-order valence-electron chi connectivity index (χ4n) is 2.95. The monoisotopic (exact) mass is 393 g/mol. The highest BCUT2D eigenvalue weighted by molar-refractivity contribution is 6.30. The van der Waals surface area contributed by atoms with Crippen molar-refractivity contribution in [1.82, 2.24) is 5.32 Å². The predicted octanol–water partition coefficient (Wildman–Crippen LogP) is 5.71. The molecule has 0 unspecified atom stereocenters. The summed E-state index contributed by atoms with van der Waals surface area (Å²) >= 11 is 5.86. The van der Waals surface area contributed by atoms with Crippen LogP contribution >= 0.6 is 11.6 Å². The lowest BCUT2D eigenvalue weighted by Crippen LogP contribution is -2.29. The van der Waals surface area contributed by atoms with Gasteiger partial charge >= 0.3 is 0 Å². The molecule has 0 heterocycles. The maximum absolute atomic E-state index is 12.5. The van der Waals surface area contributed by atoms with Crippen LogP contribution in [0.15, 0.2) is 78.9 Å². The minimum atomic E-state index is -0.161. The Morgan fingerprint density at radius 3 is 2.25 bits per heavy atom. The third-order valence-corrected chi connectivity index (χ3v) is 4.73. The average Bonchev–Trinajstić information content (AvgIpc) is 2.72. The van der Waals surface area contributed by atoms with Crippen LogP contribution in [0.4, 0.5) is 0 Å². The van der Waals surface area contributed by atoms with E-state index in [-0.39, 0.29) is 11.9 Å². The molecule has 1 atom stereocenters. The fourth-order valence-corrected chi connectivity index (χ4v) is 3.08. The summed E-state index contributed by atoms with van der Waals surface area (Å²) in [5, 5.41) is 3.84. The van der Waals surface area contributed by atoms with Gasteiger partial charge in [-0.1, -0.05) is 71.8 Å². The first kappa shape index (κ1) is 20.0. The Balaban J connectivity index is 1.56. The second kappa shape index (κ2) is 9.95. The van der Waals surface area contributed by atoms with E-state index in [0.717, 1.165) is 16.9 Å². The van der Waals surface area contributed by atoms with Crippen molar-refractivity contribution >= 4 is 17.5 Å². The summed E-state index contributed by atoms with van der Waals surface area (Å²) in [4.78, 5) is 12.5. The number of nitrogens with one attached hydrogen (secondary N) is 1. The van der Waals surface area contributed by atoms with Crippen molar-refractivity contribution < 1.29 is 9.53 Å². The third-order valence-electron chi connectivity index (χ3n) is 4.48. The number of halogens is 1. The van der Waals surface area contributed by atoms with Gasteiger partial charge in [0.2, 0.25) is 5.91 Å². The van der Waals surface area contributed by atoms with E-state index in [1.165, 1.54) is 5.56 Å². The molecule has 0 aliphatic heterocycles. The molecule has 0 spiro atoms. The average molecular weight is 394 g/mol. The molecular weight excluding hydrogens is 370 g/mol. The van der Waals surface area contributed by atoms with E-state index in [1.54, 1.807) is 12.1 Å². The number of rotatable bonds is 8. The van der Waals surface area contributed by atoms with Gasteiger partial charge in [-0.25, -0.2) is 0 Å². The van der Waals surface area contributed by atoms with E-state index in [4.69, 9.17) is 16.3 Å². The van der Waals surface area contributed by atoms with Crippen LogP contribution in [0, 0.1) is 6.92 Å². The minimum Gasteiger partial charge on any atom is -0.494 e. The highest BCUT2D eigenvalue weighted by atomic mass is 35.5. The Bertz CT molecular complexity index is 877. The molecule has 144 valence electrons. The lowest BCUT2D eigenvalue weighted by Gasteiger charge is -2.20. The van der Waals surface area contributed by atoms with Crippen LogP contribution in [0.5, 0.6) is 5.75 Å². The summed E-state index contributed by atoms with van der Waals surface area (Å²) < 4.78 is 5.66. The van der Waals surface area contributed by atoms with Crippen LogP contribution in [-0.2, 0) is 4.79 Å². The van der Waals surface area contributed by atoms with Crippen LogP contribution < -0.4 is 10.1 Å². The first-order valence-corrected chi connectivity index (χ1v) is 9.79. The van der Waals surface area contributed by atoms with Crippen molar-refractivity contribution in [1.29, 1.82) is 0 Å². The number of carbonyl (C=O) groups excluding carboxylic acids is 1. The molecule has 1 amide bonds. The summed E-state index contributed by atoms with van der Waals surface area (Å²) in [6.45, 7) is 2.54. The number of benzene rings is 3. The molecule has 0 fully saturated rings. The molecule has 28 heavy (non-hydrogen) atoms. The van der Waals surface area contributed by atoms with Gasteiger partial charge in [0.05, 0.1) is 12.6 Å². The zero-order chi connectivity index (χ0) is 19.8. The van der Waals surface area contributed by atoms with Gasteiger partial charge in [-0.15, -0.1) is 0 Å². The molecule has 0 saturated carbocycles. The van der Waals surface area contributed by atoms with Gasteiger partial charge in [0.1, 0.15) is 5.75 Å². The van der Waals surface area contributed by atoms with Crippen molar-refractivity contribution in [2.45, 2.75) is 25.8 Å². The number of amides is 1. The fraction of sp³-hybridized carbons (Fsp3) is 0.208. The van der Waals surface area contributed by atoms with E-state index in [0.29, 0.717) is 24.5 Å². The molecule has 0 aliphatic rings. The van der Waals surface area contributed by atoms with Gasteiger partial charge in [0.25, 0.3) is 0 Å². The first-order valence-electron chi connectivity index (χ1n) is 9.41. The van der Waals surface area contributed by atoms with E-state index in [9.17, 15) is 4.79 Å². The summed E-state index contributed by atoms with van der Waals surface area (Å²) in [6, 6.07) is 25.4. The predicted molar refractivity (Wildman–Crippen MR) is 114 cm³/mol. The zero-order valence-electron chi connectivity index (χ0n) is 15.9. The minimum absolute atomic E-state index is 0.00846. The molecule has 0 aliphatic carbocycles. The molecule has 3 rings (SSSR count). The van der Waals surface area contributed by atoms with Crippen molar-refractivity contribution in [2.24, 2.45) is 0 Å². The first-order chi connectivity index (χ1) is 13.6. The van der Waals surface area contributed by atoms with Gasteiger partial charge in [-0.05, 0) is 48.7 Å². The van der Waals surface area contributed by atoms with Crippen molar-refractivity contribution in [2.75, 3.05) is 6.61 Å². The van der Waals surface area contributed by atoms with Crippen molar-refractivity contribution in [3.05, 3.63) is 101 Å². The van der Waals surface area contributed by atoms with Crippen LogP contribution in [-0.4, -0.2) is 12.5 Å². The standard InChI is InChI=1S/C24H24ClNO2/c1-18-9-11-20(12-10-18)24(19-6-3-2-4-7-19)26-23(27)8-5-17-28-22-15-13-21(25)14-16-22/h2-4,6-7,9-16,24H,5,8,17H2,1H3,(H,26,27)/t24-/m1/s1. The molecule has 3 nitrogen and oxygen atoms in total. The number of carbonyl (C=O) groups is 1. The van der Waals surface area contributed by atoms with Crippen molar-refractivity contribution in [3.63, 3.8) is 0 Å². The summed E-state index contributed by atoms with van der Waals surface area (Å²) in [5.74, 6) is 0.765. The van der Waals surface area contributed by atoms with Gasteiger partial charge in [0, 0.05) is 11.4 Å². The summed E-state index contributed by atoms with van der Waals surface area (Å²) in [7, 11) is 0. The molecule has 3 aromatic rings. The maximum Gasteiger partial charge on any atom is 0.220 e. The largest absolute Gasteiger partial charge is 0.494 e. The Labute approximate surface area is 171 Å². The Kier molecular flexibility index (Phi) is 7.10. The normalized spacial score (nSPS) is 11.6. The Morgan fingerprint density at radius 1 is 0.929 bits per heavy atom. The molecule has 3 aromatic carbocycles. The van der Waals surface area contributed by atoms with E-state index in [1.807, 2.05) is 42.5 Å². The molecule has 0 radical (unpaired) electrons. The lowest BCUT2D eigenvalue weighted by atomic mass is 9.97. The molecule has 1 N–H and O–H groups in total. The van der Waals surface area contributed by atoms with Gasteiger partial charge < -0.3 is 10.1 Å². The van der Waals surface area contributed by atoms with Crippen LogP contribution in [0.1, 0.15) is 35.6 Å². The molecule has 0 bridgehead atoms. The maximum atomic E-state index is 12.5. The molecule has 0 aromatic heterocycles. The lowest BCUT2D eigenvalue weighted by molar-refractivity contribution is -0.121. The van der Waals surface area contributed by atoms with Gasteiger partial charge in [0.15, 0.2) is 0 Å². The van der Waals surface area contributed by atoms with Gasteiger partial charge in [-0.3, -0.25) is 4.79 Å². The SMILES string of the molecule is Cc1ccc([C@H](NC(=O)CCCOc2ccc(Cl)cc2)c2ccccc2)cc1. The van der Waals surface area contributed by atoms with Crippen LogP contribution in [0.3, 0.4) is 0 Å². The second-order valence-corrected chi connectivity index (χ2v) is 7.16. The second-order valence-electron chi connectivity index (χ2n) is 6.73. The highest BCUT2D eigenvalue weighted by Gasteiger charge is 2.16. The summed E-state index contributed by atoms with van der Waals surface area (Å²) in [5.41, 5.74) is 3.33. The van der Waals surface area contributed by atoms with Crippen molar-refractivity contribution in [3.8, 4) is 5.75 Å². The Morgan fingerprint density at radius 2 is 1.57 bits per heavy atom. The number of hydrogen-bond acceptors (Lipinski definition) is 2.